The van der Waals surface area contributed by atoms with Gasteiger partial charge in [-0.25, -0.2) is 4.98 Å². The Bertz CT molecular complexity index is 409. The number of aromatic nitrogens is 1. The normalized spacial score (nSPS) is 16.8. The molecule has 17 heavy (non-hydrogen) atoms. The lowest BCUT2D eigenvalue weighted by molar-refractivity contribution is 0.153. The lowest BCUT2D eigenvalue weighted by Gasteiger charge is -2.23. The highest BCUT2D eigenvalue weighted by Crippen LogP contribution is 2.25. The zero-order valence-corrected chi connectivity index (χ0v) is 10.4. The van der Waals surface area contributed by atoms with E-state index in [0.29, 0.717) is 11.8 Å². The summed E-state index contributed by atoms with van der Waals surface area (Å²) < 4.78 is 5.99. The summed E-state index contributed by atoms with van der Waals surface area (Å²) >= 11 is 0. The van der Waals surface area contributed by atoms with Gasteiger partial charge in [0, 0.05) is 0 Å². The van der Waals surface area contributed by atoms with Crippen LogP contribution in [0.25, 0.3) is 5.70 Å². The van der Waals surface area contributed by atoms with E-state index in [9.17, 15) is 0 Å². The van der Waals surface area contributed by atoms with Gasteiger partial charge in [0.1, 0.15) is 5.75 Å². The van der Waals surface area contributed by atoms with Crippen molar-refractivity contribution in [1.82, 2.24) is 4.98 Å². The number of pyridine rings is 1. The quantitative estimate of drug-likeness (QED) is 0.871. The molecule has 1 aliphatic rings. The van der Waals surface area contributed by atoms with Crippen molar-refractivity contribution >= 4 is 5.70 Å². The molecule has 0 radical (unpaired) electrons. The van der Waals surface area contributed by atoms with Crippen LogP contribution in [0.4, 0.5) is 0 Å². The second-order valence-electron chi connectivity index (χ2n) is 4.68. The van der Waals surface area contributed by atoms with E-state index in [0.717, 1.165) is 30.0 Å². The highest BCUT2D eigenvalue weighted by Gasteiger charge is 2.16. The predicted molar refractivity (Wildman–Crippen MR) is 69.7 cm³/mol. The SMILES string of the molecule is C=C(N)c1ccc(OC2CCCCC2)c(C)n1. The number of nitrogens with zero attached hydrogens (tertiary/aromatic N) is 1. The molecule has 0 spiro atoms. The first-order valence-electron chi connectivity index (χ1n) is 6.26. The first-order valence-corrected chi connectivity index (χ1v) is 6.26. The maximum Gasteiger partial charge on any atom is 0.140 e. The molecular formula is C14H20N2O. The molecule has 0 amide bonds. The van der Waals surface area contributed by atoms with Crippen LogP contribution in [-0.4, -0.2) is 11.1 Å². The molecule has 1 fully saturated rings. The Morgan fingerprint density at radius 3 is 2.65 bits per heavy atom. The van der Waals surface area contributed by atoms with E-state index in [2.05, 4.69) is 11.6 Å². The first kappa shape index (κ1) is 12.0. The Labute approximate surface area is 103 Å². The van der Waals surface area contributed by atoms with E-state index in [1.165, 1.54) is 19.3 Å². The molecule has 1 heterocycles. The van der Waals surface area contributed by atoms with Gasteiger partial charge in [-0.1, -0.05) is 13.0 Å². The molecule has 1 aromatic rings. The average Bonchev–Trinajstić information content (AvgIpc) is 2.33. The highest BCUT2D eigenvalue weighted by atomic mass is 16.5. The number of hydrogen-bond acceptors (Lipinski definition) is 3. The molecule has 2 rings (SSSR count). The zero-order valence-electron chi connectivity index (χ0n) is 10.4. The molecule has 1 aliphatic carbocycles. The van der Waals surface area contributed by atoms with Crippen molar-refractivity contribution in [2.75, 3.05) is 0 Å². The van der Waals surface area contributed by atoms with E-state index in [1.54, 1.807) is 0 Å². The number of aryl methyl sites for hydroxylation is 1. The Morgan fingerprint density at radius 2 is 2.06 bits per heavy atom. The molecule has 92 valence electrons. The fraction of sp³-hybridized carbons (Fsp3) is 0.500. The molecular weight excluding hydrogens is 212 g/mol. The second kappa shape index (κ2) is 5.21. The van der Waals surface area contributed by atoms with Gasteiger partial charge in [0.15, 0.2) is 0 Å². The van der Waals surface area contributed by atoms with Crippen molar-refractivity contribution in [3.05, 3.63) is 30.1 Å². The van der Waals surface area contributed by atoms with Crippen molar-refractivity contribution in [1.29, 1.82) is 0 Å². The summed E-state index contributed by atoms with van der Waals surface area (Å²) in [6.45, 7) is 5.64. The largest absolute Gasteiger partial charge is 0.489 e. The Kier molecular flexibility index (Phi) is 3.67. The number of hydrogen-bond donors (Lipinski definition) is 1. The molecule has 0 unspecified atom stereocenters. The van der Waals surface area contributed by atoms with Gasteiger partial charge >= 0.3 is 0 Å². The summed E-state index contributed by atoms with van der Waals surface area (Å²) in [6.07, 6.45) is 6.55. The molecule has 3 nitrogen and oxygen atoms in total. The fourth-order valence-corrected chi connectivity index (χ4v) is 2.21. The van der Waals surface area contributed by atoms with Crippen molar-refractivity contribution < 1.29 is 4.74 Å². The summed E-state index contributed by atoms with van der Waals surface area (Å²) in [4.78, 5) is 4.39. The van der Waals surface area contributed by atoms with Crippen molar-refractivity contribution in [3.63, 3.8) is 0 Å². The third kappa shape index (κ3) is 2.99. The monoisotopic (exact) mass is 232 g/mol. The maximum absolute atomic E-state index is 5.99. The number of rotatable bonds is 3. The lowest BCUT2D eigenvalue weighted by atomic mass is 9.98. The summed E-state index contributed by atoms with van der Waals surface area (Å²) in [5.74, 6) is 0.877. The summed E-state index contributed by atoms with van der Waals surface area (Å²) in [6, 6.07) is 3.82. The maximum atomic E-state index is 5.99. The molecule has 1 aromatic heterocycles. The highest BCUT2D eigenvalue weighted by molar-refractivity contribution is 5.57. The molecule has 0 atom stereocenters. The topological polar surface area (TPSA) is 48.1 Å². The van der Waals surface area contributed by atoms with Crippen LogP contribution in [0, 0.1) is 6.92 Å². The van der Waals surface area contributed by atoms with Gasteiger partial charge in [0.05, 0.1) is 23.2 Å². The fourth-order valence-electron chi connectivity index (χ4n) is 2.21. The van der Waals surface area contributed by atoms with E-state index >= 15 is 0 Å². The summed E-state index contributed by atoms with van der Waals surface area (Å²) in [5.41, 5.74) is 7.74. The van der Waals surface area contributed by atoms with Gasteiger partial charge in [-0.05, 0) is 44.7 Å². The van der Waals surface area contributed by atoms with Crippen molar-refractivity contribution in [2.45, 2.75) is 45.1 Å². The van der Waals surface area contributed by atoms with Crippen LogP contribution in [0.3, 0.4) is 0 Å². The minimum atomic E-state index is 0.358. The van der Waals surface area contributed by atoms with E-state index < -0.39 is 0 Å². The van der Waals surface area contributed by atoms with E-state index in [4.69, 9.17) is 10.5 Å². The lowest BCUT2D eigenvalue weighted by Crippen LogP contribution is -2.20. The first-order chi connectivity index (χ1) is 8.16. The van der Waals surface area contributed by atoms with Gasteiger partial charge in [0.25, 0.3) is 0 Å². The number of nitrogens with two attached hydrogens (primary N) is 1. The van der Waals surface area contributed by atoms with E-state index in [1.807, 2.05) is 19.1 Å². The summed E-state index contributed by atoms with van der Waals surface area (Å²) in [5, 5.41) is 0. The van der Waals surface area contributed by atoms with Crippen LogP contribution in [0.5, 0.6) is 5.75 Å². The average molecular weight is 232 g/mol. The Morgan fingerprint density at radius 1 is 1.35 bits per heavy atom. The third-order valence-corrected chi connectivity index (χ3v) is 3.21. The Hall–Kier alpha value is -1.51. The van der Waals surface area contributed by atoms with Crippen molar-refractivity contribution in [2.24, 2.45) is 5.73 Å². The van der Waals surface area contributed by atoms with Gasteiger partial charge in [-0.15, -0.1) is 0 Å². The smallest absolute Gasteiger partial charge is 0.140 e. The van der Waals surface area contributed by atoms with Gasteiger partial charge in [-0.2, -0.15) is 0 Å². The van der Waals surface area contributed by atoms with Crippen LogP contribution < -0.4 is 10.5 Å². The predicted octanol–water partition coefficient (Wildman–Crippen LogP) is 3.03. The van der Waals surface area contributed by atoms with Crippen LogP contribution in [0.15, 0.2) is 18.7 Å². The van der Waals surface area contributed by atoms with E-state index in [-0.39, 0.29) is 0 Å². The summed E-state index contributed by atoms with van der Waals surface area (Å²) in [7, 11) is 0. The zero-order chi connectivity index (χ0) is 12.3. The second-order valence-corrected chi connectivity index (χ2v) is 4.68. The molecule has 1 saturated carbocycles. The Balaban J connectivity index is 2.08. The molecule has 0 aromatic carbocycles. The molecule has 3 heteroatoms. The molecule has 0 saturated heterocycles. The van der Waals surface area contributed by atoms with Crippen LogP contribution in [0.1, 0.15) is 43.5 Å². The minimum absolute atomic E-state index is 0.358. The van der Waals surface area contributed by atoms with Gasteiger partial charge in [-0.3, -0.25) is 0 Å². The van der Waals surface area contributed by atoms with Crippen LogP contribution in [0.2, 0.25) is 0 Å². The molecule has 2 N–H and O–H groups in total. The van der Waals surface area contributed by atoms with Crippen LogP contribution >= 0.6 is 0 Å². The van der Waals surface area contributed by atoms with Gasteiger partial charge in [0.2, 0.25) is 0 Å². The molecule has 0 bridgehead atoms. The standard InChI is InChI=1S/C14H20N2O/c1-10(15)13-8-9-14(11(2)16-13)17-12-6-4-3-5-7-12/h8-9,12H,1,3-7,15H2,2H3. The number of ether oxygens (including phenoxy) is 1. The van der Waals surface area contributed by atoms with Gasteiger partial charge < -0.3 is 10.5 Å². The van der Waals surface area contributed by atoms with Crippen molar-refractivity contribution in [3.8, 4) is 5.75 Å². The molecule has 0 aliphatic heterocycles. The minimum Gasteiger partial charge on any atom is -0.489 e. The third-order valence-electron chi connectivity index (χ3n) is 3.21. The van der Waals surface area contributed by atoms with Crippen LogP contribution in [-0.2, 0) is 0 Å².